The number of aromatic nitrogens is 1. The van der Waals surface area contributed by atoms with Crippen LogP contribution in [-0.4, -0.2) is 54.2 Å². The van der Waals surface area contributed by atoms with Crippen LogP contribution in [0, 0.1) is 24.1 Å². The molecule has 1 aliphatic heterocycles. The summed E-state index contributed by atoms with van der Waals surface area (Å²) in [5.74, 6) is -0.556. The lowest BCUT2D eigenvalue weighted by molar-refractivity contribution is -0.124. The van der Waals surface area contributed by atoms with Crippen LogP contribution >= 0.6 is 0 Å². The Morgan fingerprint density at radius 3 is 2.58 bits per heavy atom. The molecule has 0 radical (unpaired) electrons. The van der Waals surface area contributed by atoms with E-state index in [0.29, 0.717) is 29.9 Å². The standard InChI is InChI=1S/C31H32F2N6O2.2C2H6/c1-19-12-24(20(2)37-27-8-7-23(33)14-22(27)16-34)25-15-28(39(4)31(41)26(25)13-19)21-9-11-35-29(36-17-21)18-38(3)30(40)6-5-10-32;2*1-2/h5-8,12-15,17,20-21,37H,9-11,18H2,1-4H3;2*1-2H3/b6-5-;;/t20-,21?;;/m1../s1. The number of allylic oxidation sites excluding steroid dienone is 1. The maximum atomic E-state index is 13.7. The molecule has 2 atom stereocenters. The van der Waals surface area contributed by atoms with Gasteiger partial charge in [-0.05, 0) is 73.2 Å². The van der Waals surface area contributed by atoms with Gasteiger partial charge in [0.15, 0.2) is 0 Å². The molecule has 0 saturated carbocycles. The number of amidine groups is 1. The van der Waals surface area contributed by atoms with Crippen molar-refractivity contribution in [2.75, 3.05) is 32.1 Å². The maximum absolute atomic E-state index is 13.7. The SMILES string of the molecule is CC.CC.Cc1cc([C@@H](C)Nc2ccc(F)cc2C#N)c2cc(C3C=NC(CN(C)C(=O)/C=C\CF)=NCC3)n(C)c(=O)c2c1. The second kappa shape index (κ2) is 17.6. The van der Waals surface area contributed by atoms with E-state index in [2.05, 4.69) is 15.3 Å². The van der Waals surface area contributed by atoms with Crippen LogP contribution in [0.25, 0.3) is 10.8 Å². The average Bonchev–Trinajstić information content (AvgIpc) is 3.29. The molecule has 0 saturated heterocycles. The number of pyridine rings is 1. The molecular weight excluding hydrogens is 574 g/mol. The molecule has 8 nitrogen and oxygen atoms in total. The summed E-state index contributed by atoms with van der Waals surface area (Å²) in [6.45, 7) is 11.8. The van der Waals surface area contributed by atoms with Gasteiger partial charge in [0.05, 0.1) is 17.8 Å². The first-order chi connectivity index (χ1) is 21.6. The second-order valence-corrected chi connectivity index (χ2v) is 10.1. The van der Waals surface area contributed by atoms with E-state index in [4.69, 9.17) is 0 Å². The topological polar surface area (TPSA) is 103 Å². The predicted octanol–water partition coefficient (Wildman–Crippen LogP) is 7.02. The molecule has 45 heavy (non-hydrogen) atoms. The smallest absolute Gasteiger partial charge is 0.258 e. The fourth-order valence-electron chi connectivity index (χ4n) is 4.97. The molecule has 0 aliphatic carbocycles. The number of nitrogens with one attached hydrogen (secondary N) is 1. The normalized spacial score (nSPS) is 14.7. The Balaban J connectivity index is 0.00000169. The number of carbonyl (C=O) groups excluding carboxylic acids is 1. The van der Waals surface area contributed by atoms with Crippen LogP contribution in [-0.2, 0) is 11.8 Å². The number of likely N-dealkylation sites (N-methyl/N-ethyl adjacent to an activating group) is 1. The fraction of sp³-hybridized carbons (Fsp3) is 0.400. The lowest BCUT2D eigenvalue weighted by Crippen LogP contribution is -2.30. The van der Waals surface area contributed by atoms with Gasteiger partial charge >= 0.3 is 0 Å². The minimum Gasteiger partial charge on any atom is -0.377 e. The molecule has 1 unspecified atom stereocenters. The second-order valence-electron chi connectivity index (χ2n) is 10.1. The number of hydrogen-bond donors (Lipinski definition) is 1. The Kier molecular flexibility index (Phi) is 14.3. The Hall–Kier alpha value is -4.65. The molecule has 1 amide bonds. The van der Waals surface area contributed by atoms with Crippen LogP contribution in [0.5, 0.6) is 0 Å². The number of nitrogens with zero attached hydrogens (tertiary/aromatic N) is 5. The summed E-state index contributed by atoms with van der Waals surface area (Å²) in [4.78, 5) is 36.2. The van der Waals surface area contributed by atoms with Gasteiger partial charge in [-0.15, -0.1) is 0 Å². The summed E-state index contributed by atoms with van der Waals surface area (Å²) in [6, 6.07) is 11.6. The lowest BCUT2D eigenvalue weighted by atomic mass is 9.93. The highest BCUT2D eigenvalue weighted by atomic mass is 19.1. The van der Waals surface area contributed by atoms with E-state index in [1.54, 1.807) is 24.9 Å². The van der Waals surface area contributed by atoms with Crippen molar-refractivity contribution in [3.05, 3.63) is 87.1 Å². The third kappa shape index (κ3) is 9.17. The molecule has 0 bridgehead atoms. The Morgan fingerprint density at radius 2 is 1.91 bits per heavy atom. The highest BCUT2D eigenvalue weighted by molar-refractivity contribution is 5.97. The lowest BCUT2D eigenvalue weighted by Gasteiger charge is -2.22. The van der Waals surface area contributed by atoms with Crippen LogP contribution < -0.4 is 10.9 Å². The van der Waals surface area contributed by atoms with Crippen molar-refractivity contribution in [2.24, 2.45) is 17.0 Å². The first-order valence-electron chi connectivity index (χ1n) is 15.3. The first kappa shape index (κ1) is 36.5. The number of benzene rings is 2. The van der Waals surface area contributed by atoms with Crippen LogP contribution in [0.3, 0.4) is 0 Å². The van der Waals surface area contributed by atoms with Gasteiger partial charge in [-0.1, -0.05) is 33.8 Å². The van der Waals surface area contributed by atoms with Gasteiger partial charge in [0.1, 0.15) is 24.4 Å². The summed E-state index contributed by atoms with van der Waals surface area (Å²) < 4.78 is 27.7. The molecule has 3 aromatic rings. The largest absolute Gasteiger partial charge is 0.377 e. The Labute approximate surface area is 264 Å². The quantitative estimate of drug-likeness (QED) is 0.274. The zero-order chi connectivity index (χ0) is 33.7. The zero-order valence-corrected chi connectivity index (χ0v) is 27.5. The molecular formula is C35H44F2N6O2. The molecule has 2 heterocycles. The highest BCUT2D eigenvalue weighted by Gasteiger charge is 2.21. The van der Waals surface area contributed by atoms with Gasteiger partial charge in [0, 0.05) is 56.0 Å². The van der Waals surface area contributed by atoms with Crippen molar-refractivity contribution >= 4 is 34.4 Å². The van der Waals surface area contributed by atoms with E-state index in [1.165, 1.54) is 29.2 Å². The van der Waals surface area contributed by atoms with Gasteiger partial charge in [0.25, 0.3) is 5.56 Å². The third-order valence-corrected chi connectivity index (χ3v) is 7.13. The molecule has 4 rings (SSSR count). The average molecular weight is 619 g/mol. The summed E-state index contributed by atoms with van der Waals surface area (Å²) in [5, 5.41) is 14.1. The van der Waals surface area contributed by atoms with Gasteiger partial charge in [-0.3, -0.25) is 14.6 Å². The number of hydrogen-bond acceptors (Lipinski definition) is 6. The van der Waals surface area contributed by atoms with E-state index in [1.807, 2.05) is 65.8 Å². The number of aliphatic imine (C=N–C) groups is 2. The number of aryl methyl sites for hydroxylation is 1. The maximum Gasteiger partial charge on any atom is 0.258 e. The van der Waals surface area contributed by atoms with Crippen LogP contribution in [0.4, 0.5) is 14.5 Å². The van der Waals surface area contributed by atoms with E-state index >= 15 is 0 Å². The van der Waals surface area contributed by atoms with Gasteiger partial charge in [0.2, 0.25) is 5.91 Å². The summed E-state index contributed by atoms with van der Waals surface area (Å²) in [6.07, 6.45) is 4.71. The predicted molar refractivity (Wildman–Crippen MR) is 181 cm³/mol. The molecule has 240 valence electrons. The Bertz CT molecular complexity index is 1670. The highest BCUT2D eigenvalue weighted by Crippen LogP contribution is 2.31. The zero-order valence-electron chi connectivity index (χ0n) is 27.5. The summed E-state index contributed by atoms with van der Waals surface area (Å²) in [7, 11) is 3.34. The Morgan fingerprint density at radius 1 is 1.20 bits per heavy atom. The van der Waals surface area contributed by atoms with Gasteiger partial charge in [-0.25, -0.2) is 13.8 Å². The monoisotopic (exact) mass is 618 g/mol. The molecule has 1 aliphatic rings. The van der Waals surface area contributed by atoms with Crippen LogP contribution in [0.2, 0.25) is 0 Å². The first-order valence-corrected chi connectivity index (χ1v) is 15.3. The minimum atomic E-state index is -0.714. The van der Waals surface area contributed by atoms with E-state index in [0.717, 1.165) is 28.3 Å². The molecule has 2 aromatic carbocycles. The van der Waals surface area contributed by atoms with Crippen molar-refractivity contribution in [2.45, 2.75) is 59.9 Å². The number of nitriles is 1. The summed E-state index contributed by atoms with van der Waals surface area (Å²) >= 11 is 0. The molecule has 0 fully saturated rings. The van der Waals surface area contributed by atoms with E-state index in [-0.39, 0.29) is 35.5 Å². The van der Waals surface area contributed by atoms with E-state index < -0.39 is 12.5 Å². The van der Waals surface area contributed by atoms with E-state index in [9.17, 15) is 23.6 Å². The number of carbonyl (C=O) groups is 1. The number of anilines is 1. The van der Waals surface area contributed by atoms with Gasteiger partial charge in [-0.2, -0.15) is 5.26 Å². The number of alkyl halides is 1. The van der Waals surface area contributed by atoms with Crippen LogP contribution in [0.1, 0.15) is 75.4 Å². The third-order valence-electron chi connectivity index (χ3n) is 7.13. The molecule has 1 aromatic heterocycles. The number of fused-ring (bicyclic) bond motifs is 1. The fourth-order valence-corrected chi connectivity index (χ4v) is 4.97. The number of rotatable bonds is 8. The number of halogens is 2. The van der Waals surface area contributed by atoms with Crippen molar-refractivity contribution in [1.29, 1.82) is 5.26 Å². The summed E-state index contributed by atoms with van der Waals surface area (Å²) in [5.41, 5.74) is 3.12. The number of amides is 1. The van der Waals surface area contributed by atoms with Crippen molar-refractivity contribution in [3.63, 3.8) is 0 Å². The van der Waals surface area contributed by atoms with Gasteiger partial charge < -0.3 is 14.8 Å². The molecule has 0 spiro atoms. The molecule has 10 heteroatoms. The van der Waals surface area contributed by atoms with Crippen LogP contribution in [0.15, 0.2) is 63.3 Å². The van der Waals surface area contributed by atoms with Crippen molar-refractivity contribution in [1.82, 2.24) is 9.47 Å². The van der Waals surface area contributed by atoms with Crippen molar-refractivity contribution in [3.8, 4) is 6.07 Å². The molecule has 1 N–H and O–H groups in total. The minimum absolute atomic E-state index is 0.141. The van der Waals surface area contributed by atoms with Crippen molar-refractivity contribution < 1.29 is 13.6 Å².